The van der Waals surface area contributed by atoms with Gasteiger partial charge in [0, 0.05) is 19.7 Å². The third kappa shape index (κ3) is 4.82. The van der Waals surface area contributed by atoms with E-state index in [-0.39, 0.29) is 24.1 Å². The van der Waals surface area contributed by atoms with E-state index in [4.69, 9.17) is 4.42 Å². The van der Waals surface area contributed by atoms with Crippen LogP contribution in [0.3, 0.4) is 0 Å². The van der Waals surface area contributed by atoms with E-state index in [0.29, 0.717) is 11.1 Å². The third-order valence-corrected chi connectivity index (χ3v) is 3.91. The molecule has 0 aliphatic carbocycles. The first-order chi connectivity index (χ1) is 11.0. The topological polar surface area (TPSA) is 88.3 Å². The van der Waals surface area contributed by atoms with Gasteiger partial charge in [0.25, 0.3) is 5.22 Å². The molecule has 1 aromatic carbocycles. The number of carbonyl (C=O) groups is 2. The minimum atomic E-state index is -0.217. The highest BCUT2D eigenvalue weighted by Crippen LogP contribution is 2.23. The Balaban J connectivity index is 1.90. The minimum Gasteiger partial charge on any atom is -0.411 e. The Bertz CT molecular complexity index is 684. The lowest BCUT2D eigenvalue weighted by Crippen LogP contribution is -2.37. The molecule has 122 valence electrons. The fourth-order valence-electron chi connectivity index (χ4n) is 1.70. The van der Waals surface area contributed by atoms with Crippen molar-refractivity contribution >= 4 is 23.6 Å². The standard InChI is InChI=1S/C15H18N4O3S/c1-10-4-6-11(7-5-10)14-17-18-15(22-14)23-9-13(21)19(3)8-12(20)16-2/h4-7H,8-9H2,1-3H3,(H,16,20). The predicted octanol–water partition coefficient (Wildman–Crippen LogP) is 1.34. The zero-order chi connectivity index (χ0) is 16.8. The van der Waals surface area contributed by atoms with Gasteiger partial charge in [-0.05, 0) is 19.1 Å². The Morgan fingerprint density at radius 2 is 1.96 bits per heavy atom. The van der Waals surface area contributed by atoms with Gasteiger partial charge in [0.05, 0.1) is 12.3 Å². The first-order valence-electron chi connectivity index (χ1n) is 6.97. The average molecular weight is 334 g/mol. The number of hydrogen-bond acceptors (Lipinski definition) is 6. The number of hydrogen-bond donors (Lipinski definition) is 1. The van der Waals surface area contributed by atoms with Crippen molar-refractivity contribution in [3.63, 3.8) is 0 Å². The summed E-state index contributed by atoms with van der Waals surface area (Å²) in [7, 11) is 3.10. The van der Waals surface area contributed by atoms with Gasteiger partial charge in [-0.15, -0.1) is 10.2 Å². The molecule has 0 aliphatic rings. The van der Waals surface area contributed by atoms with E-state index in [9.17, 15) is 9.59 Å². The lowest BCUT2D eigenvalue weighted by molar-refractivity contribution is -0.132. The van der Waals surface area contributed by atoms with Crippen LogP contribution in [-0.2, 0) is 9.59 Å². The number of nitrogens with one attached hydrogen (secondary N) is 1. The number of aromatic nitrogens is 2. The third-order valence-electron chi connectivity index (χ3n) is 3.11. The van der Waals surface area contributed by atoms with Gasteiger partial charge in [-0.25, -0.2) is 0 Å². The summed E-state index contributed by atoms with van der Waals surface area (Å²) in [5.41, 5.74) is 1.98. The molecule has 1 N–H and O–H groups in total. The largest absolute Gasteiger partial charge is 0.411 e. The molecule has 0 saturated heterocycles. The first-order valence-corrected chi connectivity index (χ1v) is 7.96. The molecule has 0 spiro atoms. The highest BCUT2D eigenvalue weighted by Gasteiger charge is 2.15. The molecule has 1 aromatic heterocycles. The van der Waals surface area contributed by atoms with Crippen molar-refractivity contribution in [1.82, 2.24) is 20.4 Å². The summed E-state index contributed by atoms with van der Waals surface area (Å²) in [6.07, 6.45) is 0. The Hall–Kier alpha value is -2.35. The zero-order valence-electron chi connectivity index (χ0n) is 13.2. The predicted molar refractivity (Wildman–Crippen MR) is 86.9 cm³/mol. The highest BCUT2D eigenvalue weighted by atomic mass is 32.2. The number of benzene rings is 1. The molecule has 1 heterocycles. The first kappa shape index (κ1) is 17.0. The maximum atomic E-state index is 11.9. The van der Waals surface area contributed by atoms with E-state index >= 15 is 0 Å². The molecule has 8 heteroatoms. The second-order valence-electron chi connectivity index (χ2n) is 4.95. The lowest BCUT2D eigenvalue weighted by atomic mass is 10.1. The Morgan fingerprint density at radius 3 is 2.61 bits per heavy atom. The Labute approximate surface area is 138 Å². The second-order valence-corrected chi connectivity index (χ2v) is 5.88. The van der Waals surface area contributed by atoms with Crippen molar-refractivity contribution in [3.05, 3.63) is 29.8 Å². The fourth-order valence-corrected chi connectivity index (χ4v) is 2.40. The van der Waals surface area contributed by atoms with E-state index in [2.05, 4.69) is 15.5 Å². The number of likely N-dealkylation sites (N-methyl/N-ethyl adjacent to an activating group) is 2. The SMILES string of the molecule is CNC(=O)CN(C)C(=O)CSc1nnc(-c2ccc(C)cc2)o1. The molecule has 0 bridgehead atoms. The quantitative estimate of drug-likeness (QED) is 0.802. The van der Waals surface area contributed by atoms with Crippen LogP contribution in [0, 0.1) is 6.92 Å². The van der Waals surface area contributed by atoms with Gasteiger partial charge in [0.1, 0.15) is 0 Å². The van der Waals surface area contributed by atoms with Crippen LogP contribution in [0.15, 0.2) is 33.9 Å². The van der Waals surface area contributed by atoms with Gasteiger partial charge in [-0.1, -0.05) is 29.5 Å². The molecular weight excluding hydrogens is 316 g/mol. The maximum absolute atomic E-state index is 11.9. The van der Waals surface area contributed by atoms with Crippen molar-refractivity contribution in [1.29, 1.82) is 0 Å². The van der Waals surface area contributed by atoms with Crippen molar-refractivity contribution in [2.75, 3.05) is 26.4 Å². The normalized spacial score (nSPS) is 10.4. The van der Waals surface area contributed by atoms with Gasteiger partial charge in [0.15, 0.2) is 0 Å². The summed E-state index contributed by atoms with van der Waals surface area (Å²) >= 11 is 1.15. The van der Waals surface area contributed by atoms with Crippen LogP contribution in [0.2, 0.25) is 0 Å². The van der Waals surface area contributed by atoms with Gasteiger partial charge >= 0.3 is 0 Å². The van der Waals surface area contributed by atoms with Gasteiger partial charge in [0.2, 0.25) is 17.7 Å². The van der Waals surface area contributed by atoms with E-state index in [1.54, 1.807) is 7.05 Å². The summed E-state index contributed by atoms with van der Waals surface area (Å²) in [6, 6.07) is 7.73. The number of aryl methyl sites for hydroxylation is 1. The van der Waals surface area contributed by atoms with Crippen molar-refractivity contribution in [2.45, 2.75) is 12.1 Å². The molecule has 2 rings (SSSR count). The van der Waals surface area contributed by atoms with E-state index in [1.807, 2.05) is 31.2 Å². The minimum absolute atomic E-state index is 0.0222. The summed E-state index contributed by atoms with van der Waals surface area (Å²) in [4.78, 5) is 24.5. The number of thioether (sulfide) groups is 1. The lowest BCUT2D eigenvalue weighted by Gasteiger charge is -2.14. The molecule has 2 amide bonds. The fraction of sp³-hybridized carbons (Fsp3) is 0.333. The molecule has 0 fully saturated rings. The average Bonchev–Trinajstić information content (AvgIpc) is 3.02. The maximum Gasteiger partial charge on any atom is 0.277 e. The number of nitrogens with zero attached hydrogens (tertiary/aromatic N) is 3. The van der Waals surface area contributed by atoms with E-state index in [1.165, 1.54) is 11.9 Å². The zero-order valence-corrected chi connectivity index (χ0v) is 14.0. The van der Waals surface area contributed by atoms with Crippen LogP contribution in [0.1, 0.15) is 5.56 Å². The monoisotopic (exact) mass is 334 g/mol. The number of rotatable bonds is 6. The van der Waals surface area contributed by atoms with Gasteiger partial charge in [-0.3, -0.25) is 9.59 Å². The summed E-state index contributed by atoms with van der Waals surface area (Å²) < 4.78 is 5.53. The van der Waals surface area contributed by atoms with Crippen LogP contribution in [0.4, 0.5) is 0 Å². The molecule has 0 radical (unpaired) electrons. The smallest absolute Gasteiger partial charge is 0.277 e. The number of amides is 2. The summed E-state index contributed by atoms with van der Waals surface area (Å²) in [6.45, 7) is 2.02. The molecule has 2 aromatic rings. The van der Waals surface area contributed by atoms with Crippen LogP contribution >= 0.6 is 11.8 Å². The van der Waals surface area contributed by atoms with Crippen molar-refractivity contribution < 1.29 is 14.0 Å². The second kappa shape index (κ2) is 7.77. The van der Waals surface area contributed by atoms with Crippen LogP contribution in [0.5, 0.6) is 0 Å². The Morgan fingerprint density at radius 1 is 1.26 bits per heavy atom. The van der Waals surface area contributed by atoms with Gasteiger partial charge < -0.3 is 14.6 Å². The summed E-state index contributed by atoms with van der Waals surface area (Å²) in [5, 5.41) is 10.7. The molecule has 7 nitrogen and oxygen atoms in total. The van der Waals surface area contributed by atoms with E-state index < -0.39 is 0 Å². The molecular formula is C15H18N4O3S. The highest BCUT2D eigenvalue weighted by molar-refractivity contribution is 7.99. The molecule has 0 aliphatic heterocycles. The number of carbonyl (C=O) groups excluding carboxylic acids is 2. The Kier molecular flexibility index (Phi) is 5.75. The van der Waals surface area contributed by atoms with Crippen molar-refractivity contribution in [2.24, 2.45) is 0 Å². The van der Waals surface area contributed by atoms with Crippen LogP contribution < -0.4 is 5.32 Å². The van der Waals surface area contributed by atoms with Crippen LogP contribution in [0.25, 0.3) is 11.5 Å². The van der Waals surface area contributed by atoms with Crippen LogP contribution in [-0.4, -0.2) is 53.3 Å². The van der Waals surface area contributed by atoms with Crippen molar-refractivity contribution in [3.8, 4) is 11.5 Å². The summed E-state index contributed by atoms with van der Waals surface area (Å²) in [5.74, 6) is 0.140. The van der Waals surface area contributed by atoms with E-state index in [0.717, 1.165) is 22.9 Å². The van der Waals surface area contributed by atoms with Gasteiger partial charge in [-0.2, -0.15) is 0 Å². The molecule has 0 unspecified atom stereocenters. The molecule has 0 saturated carbocycles. The molecule has 0 atom stereocenters. The molecule has 23 heavy (non-hydrogen) atoms.